The molecule has 3 aromatic rings. The van der Waals surface area contributed by atoms with Crippen molar-refractivity contribution in [1.29, 1.82) is 0 Å². The predicted molar refractivity (Wildman–Crippen MR) is 314 cm³/mol. The summed E-state index contributed by atoms with van der Waals surface area (Å²) in [4.78, 5) is 117. The lowest BCUT2D eigenvalue weighted by molar-refractivity contribution is -0.204. The summed E-state index contributed by atoms with van der Waals surface area (Å²) in [6.45, 7) is 14.2. The largest absolute Gasteiger partial charge is 0.467 e. The van der Waals surface area contributed by atoms with Crippen LogP contribution in [0.3, 0.4) is 0 Å². The number of azide groups is 1. The Hall–Kier alpha value is -7.05. The summed E-state index contributed by atoms with van der Waals surface area (Å²) >= 11 is 1.28. The normalized spacial score (nSPS) is 19.6. The molecule has 2 aliphatic rings. The molecule has 468 valence electrons. The van der Waals surface area contributed by atoms with Gasteiger partial charge in [-0.25, -0.2) is 14.4 Å². The van der Waals surface area contributed by atoms with E-state index in [0.717, 1.165) is 5.56 Å². The van der Waals surface area contributed by atoms with Crippen LogP contribution >= 0.6 is 11.3 Å². The van der Waals surface area contributed by atoms with Gasteiger partial charge < -0.3 is 58.3 Å². The molecule has 1 aromatic heterocycles. The van der Waals surface area contributed by atoms with Crippen molar-refractivity contribution in [2.75, 3.05) is 49.1 Å². The molecule has 5 amide bonds. The number of amides is 5. The van der Waals surface area contributed by atoms with Crippen molar-refractivity contribution in [3.63, 3.8) is 0 Å². The quantitative estimate of drug-likeness (QED) is 0.0227. The maximum atomic E-state index is 14.9. The van der Waals surface area contributed by atoms with Crippen LogP contribution in [0, 0.1) is 23.7 Å². The number of hydrogen-bond acceptors (Lipinski definition) is 18. The summed E-state index contributed by atoms with van der Waals surface area (Å²) in [5.74, 6) is -5.02. The number of thiophene rings is 1. The Labute approximate surface area is 501 Å². The van der Waals surface area contributed by atoms with E-state index in [1.807, 2.05) is 44.2 Å². The van der Waals surface area contributed by atoms with E-state index in [1.165, 1.54) is 58.6 Å². The minimum absolute atomic E-state index is 0.0139. The zero-order chi connectivity index (χ0) is 62.8. The first-order valence-electron chi connectivity index (χ1n) is 28.8. The third kappa shape index (κ3) is 18.0. The number of ether oxygens (including phenoxy) is 8. The van der Waals surface area contributed by atoms with Gasteiger partial charge in [-0.1, -0.05) is 96.4 Å². The van der Waals surface area contributed by atoms with Crippen molar-refractivity contribution in [1.82, 2.24) is 25.3 Å². The summed E-state index contributed by atoms with van der Waals surface area (Å²) in [5, 5.41) is 10.1. The molecule has 12 atom stereocenters. The summed E-state index contributed by atoms with van der Waals surface area (Å²) < 4.78 is 46.1. The van der Waals surface area contributed by atoms with Gasteiger partial charge in [-0.15, -0.1) is 11.3 Å². The maximum Gasteiger partial charge on any atom is 0.410 e. The second kappa shape index (κ2) is 32.5. The number of nitrogens with one attached hydrogen (secondary N) is 2. The van der Waals surface area contributed by atoms with Gasteiger partial charge in [0.1, 0.15) is 36.6 Å². The molecule has 2 unspecified atom stereocenters. The number of methoxy groups -OCH3 is 4. The molecule has 0 saturated carbocycles. The van der Waals surface area contributed by atoms with Crippen LogP contribution in [-0.2, 0) is 86.3 Å². The Bertz CT molecular complexity index is 2830. The average molecular weight is 1210 g/mol. The Morgan fingerprint density at radius 1 is 0.882 bits per heavy atom. The van der Waals surface area contributed by atoms with Gasteiger partial charge in [-0.2, -0.15) is 0 Å². The van der Waals surface area contributed by atoms with Crippen LogP contribution in [0.1, 0.15) is 110 Å². The second-order valence-electron chi connectivity index (χ2n) is 22.4. The number of likely N-dealkylation sites (tertiary alicyclic amines) is 1. The number of likely N-dealkylation sites (N-methyl/N-ethyl adjacent to an activating group) is 2. The molecule has 2 aliphatic heterocycles. The first-order chi connectivity index (χ1) is 40.4. The zero-order valence-corrected chi connectivity index (χ0v) is 52.2. The number of esters is 3. The fourth-order valence-electron chi connectivity index (χ4n) is 11.3. The minimum Gasteiger partial charge on any atom is -0.467 e. The van der Waals surface area contributed by atoms with Crippen molar-refractivity contribution in [2.45, 2.75) is 174 Å². The number of hydrogen-bond donors (Lipinski definition) is 2. The lowest BCUT2D eigenvalue weighted by atomic mass is 9.89. The van der Waals surface area contributed by atoms with Crippen molar-refractivity contribution in [2.24, 2.45) is 28.8 Å². The molecular weight excluding hydrogens is 1120 g/mol. The van der Waals surface area contributed by atoms with Gasteiger partial charge >= 0.3 is 24.0 Å². The number of nitrogens with zero attached hydrogens (tertiary/aromatic N) is 6. The van der Waals surface area contributed by atoms with Crippen molar-refractivity contribution < 1.29 is 76.3 Å². The molecule has 2 fully saturated rings. The molecule has 0 bridgehead atoms. The van der Waals surface area contributed by atoms with Gasteiger partial charge in [0, 0.05) is 86.5 Å². The zero-order valence-electron chi connectivity index (χ0n) is 51.4. The Morgan fingerprint density at radius 3 is 2.19 bits per heavy atom. The van der Waals surface area contributed by atoms with E-state index in [1.54, 1.807) is 69.7 Å². The van der Waals surface area contributed by atoms with Crippen LogP contribution < -0.4 is 15.4 Å². The summed E-state index contributed by atoms with van der Waals surface area (Å²) in [7, 11) is 8.54. The molecule has 0 aliphatic carbocycles. The number of carbonyl (C=O) groups is 8. The molecule has 2 aromatic carbocycles. The predicted octanol–water partition coefficient (Wildman–Crippen LogP) is 7.25. The SMILES string of the molecule is CCC(C)[C@@H]([C@@H](CC(=O)N1CCC[C@H]1[C@H](OC)[C@@H](C)C(=O)NC(Cc1ccccc1)C(=O)OC)OC)N(C)C(=O)[C@@H](NC(=O)[C@H](C(C)C)N(C)C(=O)OCc1ccc(O[C@H]2C[C@@H](OC(C)=O)C[C@@H](C(=O)OC)O2)c2cc(CN=[N+]=[N-])sc12)C(C)C. The Morgan fingerprint density at radius 2 is 1.59 bits per heavy atom. The molecule has 5 rings (SSSR count). The van der Waals surface area contributed by atoms with Crippen molar-refractivity contribution in [3.05, 3.63) is 75.0 Å². The molecule has 85 heavy (non-hydrogen) atoms. The highest BCUT2D eigenvalue weighted by molar-refractivity contribution is 7.19. The fourth-order valence-corrected chi connectivity index (χ4v) is 12.4. The Kier molecular flexibility index (Phi) is 26.2. The lowest BCUT2D eigenvalue weighted by Crippen LogP contribution is -2.60. The topological polar surface area (TPSA) is 293 Å². The second-order valence-corrected chi connectivity index (χ2v) is 23.6. The molecule has 0 radical (unpaired) electrons. The van der Waals surface area contributed by atoms with Crippen LogP contribution in [0.25, 0.3) is 20.5 Å². The molecule has 2 N–H and O–H groups in total. The fraction of sp³-hybridized carbons (Fsp3) is 0.633. The van der Waals surface area contributed by atoms with Crippen molar-refractivity contribution >= 4 is 69.1 Å². The van der Waals surface area contributed by atoms with E-state index in [4.69, 9.17) is 43.4 Å². The molecular formula is C60H86N8O16S. The van der Waals surface area contributed by atoms with Crippen LogP contribution in [0.2, 0.25) is 0 Å². The third-order valence-electron chi connectivity index (χ3n) is 15.9. The smallest absolute Gasteiger partial charge is 0.410 e. The first-order valence-corrected chi connectivity index (χ1v) is 29.6. The molecule has 25 heteroatoms. The standard InChI is InChI=1S/C60H86N8O16S/c1-15-35(6)52(46(77-11)30-48(70)68-25-19-22-44(68)53(78-12)36(7)55(71)63-43(58(74)79-13)26-38-20-17-16-18-21-38)66(9)57(73)50(33(2)3)64-56(72)51(34(4)5)67(10)60(76)81-32-39-23-24-45(42-29-41(31-62-65-61)85-54(39)42)83-49-28-40(82-37(8)69)27-47(84-49)59(75)80-14/h16-18,20-21,23-24,29,33-36,40,43-44,46-47,49-53H,15,19,22,25-28,30-32H2,1-14H3,(H,63,71)(H,64,72)/t35?,36-,40+,43?,44+,46-,47+,49-,50+,51+,52+,53-/m1/s1. The summed E-state index contributed by atoms with van der Waals surface area (Å²) in [6, 6.07) is 10.1. The maximum absolute atomic E-state index is 14.9. The average Bonchev–Trinajstić information content (AvgIpc) is 4.20. The van der Waals surface area contributed by atoms with Gasteiger partial charge in [0.15, 0.2) is 6.10 Å². The van der Waals surface area contributed by atoms with Crippen LogP contribution in [-0.4, -0.2) is 172 Å². The number of benzene rings is 2. The molecule has 3 heterocycles. The van der Waals surface area contributed by atoms with Gasteiger partial charge in [-0.05, 0) is 53.8 Å². The van der Waals surface area contributed by atoms with Crippen molar-refractivity contribution in [3.8, 4) is 5.75 Å². The van der Waals surface area contributed by atoms with E-state index >= 15 is 0 Å². The highest BCUT2D eigenvalue weighted by Crippen LogP contribution is 2.39. The van der Waals surface area contributed by atoms with Gasteiger partial charge in [0.05, 0.1) is 57.4 Å². The van der Waals surface area contributed by atoms with E-state index in [-0.39, 0.29) is 50.7 Å². The minimum atomic E-state index is -1.10. The number of carbonyl (C=O) groups excluding carboxylic acids is 8. The van der Waals surface area contributed by atoms with Gasteiger partial charge in [0.25, 0.3) is 0 Å². The van der Waals surface area contributed by atoms with Crippen LogP contribution in [0.5, 0.6) is 5.75 Å². The summed E-state index contributed by atoms with van der Waals surface area (Å²) in [5.41, 5.74) is 10.5. The van der Waals surface area contributed by atoms with Gasteiger partial charge in [0.2, 0.25) is 29.9 Å². The highest BCUT2D eigenvalue weighted by Gasteiger charge is 2.44. The third-order valence-corrected chi connectivity index (χ3v) is 17.1. The van der Waals surface area contributed by atoms with E-state index < -0.39 is 120 Å². The highest BCUT2D eigenvalue weighted by atomic mass is 32.1. The monoisotopic (exact) mass is 1210 g/mol. The number of rotatable bonds is 29. The van der Waals surface area contributed by atoms with E-state index in [0.29, 0.717) is 52.1 Å². The lowest BCUT2D eigenvalue weighted by Gasteiger charge is -2.41. The molecule has 2 saturated heterocycles. The van der Waals surface area contributed by atoms with Crippen LogP contribution in [0.15, 0.2) is 53.6 Å². The molecule has 24 nitrogen and oxygen atoms in total. The van der Waals surface area contributed by atoms with E-state index in [9.17, 15) is 38.4 Å². The number of fused-ring (bicyclic) bond motifs is 1. The van der Waals surface area contributed by atoms with E-state index in [2.05, 4.69) is 20.7 Å². The summed E-state index contributed by atoms with van der Waals surface area (Å²) in [6.07, 6.45) is -3.03. The van der Waals surface area contributed by atoms with Gasteiger partial charge in [-0.3, -0.25) is 28.9 Å². The first kappa shape index (κ1) is 68.7. The molecule has 0 spiro atoms. The van der Waals surface area contributed by atoms with Crippen LogP contribution in [0.4, 0.5) is 4.79 Å². The Balaban J connectivity index is 1.28.